The standard InChI is InChI=1S/C22H23FN4O/c1-27(9-8-14-12-25-21-7-6-16(23)11-18(14)21)22(28)19(24)10-15-13-26-20-5-3-2-4-17(15)20/h2-7,11-13,19,25-26H,8-10,24H2,1H3. The van der Waals surface area contributed by atoms with Crippen LogP contribution >= 0.6 is 0 Å². The smallest absolute Gasteiger partial charge is 0.239 e. The molecule has 4 aromatic rings. The van der Waals surface area contributed by atoms with Gasteiger partial charge in [-0.15, -0.1) is 0 Å². The number of amides is 1. The third-order valence-corrected chi connectivity index (χ3v) is 5.25. The number of nitrogens with two attached hydrogens (primary N) is 1. The second-order valence-electron chi connectivity index (χ2n) is 7.18. The van der Waals surface area contributed by atoms with Crippen molar-refractivity contribution in [3.63, 3.8) is 0 Å². The highest BCUT2D eigenvalue weighted by Gasteiger charge is 2.20. The van der Waals surface area contributed by atoms with E-state index in [1.165, 1.54) is 12.1 Å². The molecule has 0 saturated heterocycles. The quantitative estimate of drug-likeness (QED) is 0.481. The molecule has 0 aliphatic rings. The summed E-state index contributed by atoms with van der Waals surface area (Å²) in [7, 11) is 1.76. The molecule has 1 unspecified atom stereocenters. The van der Waals surface area contributed by atoms with Crippen LogP contribution < -0.4 is 5.73 Å². The summed E-state index contributed by atoms with van der Waals surface area (Å²) in [5, 5.41) is 1.94. The van der Waals surface area contributed by atoms with E-state index < -0.39 is 6.04 Å². The minimum absolute atomic E-state index is 0.101. The first-order valence-electron chi connectivity index (χ1n) is 9.34. The van der Waals surface area contributed by atoms with Gasteiger partial charge in [-0.3, -0.25) is 4.79 Å². The molecule has 0 spiro atoms. The van der Waals surface area contributed by atoms with Gasteiger partial charge < -0.3 is 20.6 Å². The Bertz CT molecular complexity index is 1130. The van der Waals surface area contributed by atoms with Crippen molar-refractivity contribution in [1.82, 2.24) is 14.9 Å². The van der Waals surface area contributed by atoms with Gasteiger partial charge in [-0.2, -0.15) is 0 Å². The third kappa shape index (κ3) is 3.51. The van der Waals surface area contributed by atoms with Crippen LogP contribution in [0.15, 0.2) is 54.9 Å². The zero-order valence-electron chi connectivity index (χ0n) is 15.7. The lowest BCUT2D eigenvalue weighted by Crippen LogP contribution is -2.43. The Hall–Kier alpha value is -3.12. The monoisotopic (exact) mass is 378 g/mol. The first kappa shape index (κ1) is 18.3. The Morgan fingerprint density at radius 2 is 1.79 bits per heavy atom. The summed E-state index contributed by atoms with van der Waals surface area (Å²) in [6.45, 7) is 0.518. The Balaban J connectivity index is 1.40. The van der Waals surface area contributed by atoms with E-state index in [-0.39, 0.29) is 11.7 Å². The molecule has 5 nitrogen and oxygen atoms in total. The van der Waals surface area contributed by atoms with Crippen LogP contribution in [0.25, 0.3) is 21.8 Å². The number of nitrogens with zero attached hydrogens (tertiary/aromatic N) is 1. The lowest BCUT2D eigenvalue weighted by Gasteiger charge is -2.21. The van der Waals surface area contributed by atoms with Gasteiger partial charge in [0.1, 0.15) is 5.82 Å². The van der Waals surface area contributed by atoms with E-state index in [4.69, 9.17) is 5.73 Å². The summed E-state index contributed by atoms with van der Waals surface area (Å²) in [5.41, 5.74) is 10.2. The topological polar surface area (TPSA) is 77.9 Å². The van der Waals surface area contributed by atoms with Crippen LogP contribution in [0.1, 0.15) is 11.1 Å². The fourth-order valence-corrected chi connectivity index (χ4v) is 3.66. The number of halogens is 1. The average molecular weight is 378 g/mol. The van der Waals surface area contributed by atoms with E-state index in [1.54, 1.807) is 18.0 Å². The SMILES string of the molecule is CN(CCc1c[nH]c2ccc(F)cc12)C(=O)C(N)Cc1c[nH]c2ccccc12. The first-order chi connectivity index (χ1) is 13.5. The molecule has 28 heavy (non-hydrogen) atoms. The van der Waals surface area contributed by atoms with Gasteiger partial charge in [-0.25, -0.2) is 4.39 Å². The number of aromatic amines is 2. The van der Waals surface area contributed by atoms with Crippen molar-refractivity contribution in [1.29, 1.82) is 0 Å². The van der Waals surface area contributed by atoms with Gasteiger partial charge in [0.25, 0.3) is 0 Å². The molecule has 1 atom stereocenters. The van der Waals surface area contributed by atoms with Crippen molar-refractivity contribution in [3.8, 4) is 0 Å². The maximum Gasteiger partial charge on any atom is 0.239 e. The van der Waals surface area contributed by atoms with Gasteiger partial charge >= 0.3 is 0 Å². The molecule has 1 amide bonds. The summed E-state index contributed by atoms with van der Waals surface area (Å²) in [6.07, 6.45) is 4.89. The second kappa shape index (κ2) is 7.48. The number of hydrogen-bond acceptors (Lipinski definition) is 2. The number of H-pyrrole nitrogens is 2. The number of benzene rings is 2. The Labute approximate surface area is 162 Å². The summed E-state index contributed by atoms with van der Waals surface area (Å²) in [5.74, 6) is -0.366. The predicted octanol–water partition coefficient (Wildman–Crippen LogP) is 3.36. The van der Waals surface area contributed by atoms with Crippen LogP contribution in [0.5, 0.6) is 0 Å². The van der Waals surface area contributed by atoms with Gasteiger partial charge in [0, 0.05) is 47.8 Å². The number of aromatic nitrogens is 2. The average Bonchev–Trinajstić information content (AvgIpc) is 3.29. The number of para-hydroxylation sites is 1. The van der Waals surface area contributed by atoms with Gasteiger partial charge in [-0.1, -0.05) is 18.2 Å². The number of likely N-dealkylation sites (N-methyl/N-ethyl adjacent to an activating group) is 1. The predicted molar refractivity (Wildman–Crippen MR) is 110 cm³/mol. The van der Waals surface area contributed by atoms with Crippen molar-refractivity contribution >= 4 is 27.7 Å². The highest BCUT2D eigenvalue weighted by atomic mass is 19.1. The molecule has 2 aromatic heterocycles. The summed E-state index contributed by atoms with van der Waals surface area (Å²) in [4.78, 5) is 20.7. The first-order valence-corrected chi connectivity index (χ1v) is 9.34. The molecule has 2 aromatic carbocycles. The fraction of sp³-hybridized carbons (Fsp3) is 0.227. The van der Waals surface area contributed by atoms with Crippen LogP contribution in [-0.2, 0) is 17.6 Å². The summed E-state index contributed by atoms with van der Waals surface area (Å²) in [6, 6.07) is 12.0. The molecule has 0 fully saturated rings. The van der Waals surface area contributed by atoms with Gasteiger partial charge in [0.15, 0.2) is 0 Å². The van der Waals surface area contributed by atoms with Crippen molar-refractivity contribution in [2.75, 3.05) is 13.6 Å². The van der Waals surface area contributed by atoms with Crippen LogP contribution in [0, 0.1) is 5.82 Å². The normalized spacial score (nSPS) is 12.5. The summed E-state index contributed by atoms with van der Waals surface area (Å²) >= 11 is 0. The molecular weight excluding hydrogens is 355 g/mol. The van der Waals surface area contributed by atoms with E-state index in [0.717, 1.165) is 32.9 Å². The molecule has 144 valence electrons. The van der Waals surface area contributed by atoms with E-state index in [0.29, 0.717) is 19.4 Å². The number of rotatable bonds is 6. The van der Waals surface area contributed by atoms with E-state index >= 15 is 0 Å². The van der Waals surface area contributed by atoms with Crippen LogP contribution in [-0.4, -0.2) is 40.4 Å². The summed E-state index contributed by atoms with van der Waals surface area (Å²) < 4.78 is 13.5. The Morgan fingerprint density at radius 3 is 2.61 bits per heavy atom. The third-order valence-electron chi connectivity index (χ3n) is 5.25. The van der Waals surface area contributed by atoms with Crippen molar-refractivity contribution in [2.45, 2.75) is 18.9 Å². The molecule has 0 aliphatic heterocycles. The van der Waals surface area contributed by atoms with Gasteiger partial charge in [0.05, 0.1) is 6.04 Å². The molecule has 0 aliphatic carbocycles. The number of hydrogen-bond donors (Lipinski definition) is 3. The largest absolute Gasteiger partial charge is 0.361 e. The molecule has 4 rings (SSSR count). The maximum atomic E-state index is 13.5. The van der Waals surface area contributed by atoms with Crippen molar-refractivity contribution in [2.24, 2.45) is 5.73 Å². The van der Waals surface area contributed by atoms with Gasteiger partial charge in [0.2, 0.25) is 5.91 Å². The molecule has 0 saturated carbocycles. The minimum atomic E-state index is -0.607. The lowest BCUT2D eigenvalue weighted by molar-refractivity contribution is -0.131. The minimum Gasteiger partial charge on any atom is -0.361 e. The van der Waals surface area contributed by atoms with Crippen molar-refractivity contribution in [3.05, 3.63) is 71.8 Å². The highest BCUT2D eigenvalue weighted by molar-refractivity contribution is 5.86. The maximum absolute atomic E-state index is 13.5. The zero-order valence-corrected chi connectivity index (χ0v) is 15.7. The molecule has 2 heterocycles. The number of carbonyl (C=O) groups is 1. The molecule has 0 radical (unpaired) electrons. The number of nitrogens with one attached hydrogen (secondary N) is 2. The van der Waals surface area contributed by atoms with Crippen LogP contribution in [0.4, 0.5) is 4.39 Å². The van der Waals surface area contributed by atoms with Crippen LogP contribution in [0.2, 0.25) is 0 Å². The zero-order chi connectivity index (χ0) is 19.7. The number of carbonyl (C=O) groups excluding carboxylic acids is 1. The van der Waals surface area contributed by atoms with Gasteiger partial charge in [-0.05, 0) is 48.2 Å². The van der Waals surface area contributed by atoms with E-state index in [1.807, 2.05) is 36.7 Å². The second-order valence-corrected chi connectivity index (χ2v) is 7.18. The lowest BCUT2D eigenvalue weighted by atomic mass is 10.0. The fourth-order valence-electron chi connectivity index (χ4n) is 3.66. The van der Waals surface area contributed by atoms with Crippen molar-refractivity contribution < 1.29 is 9.18 Å². The molecule has 0 bridgehead atoms. The number of fused-ring (bicyclic) bond motifs is 2. The Morgan fingerprint density at radius 1 is 1.07 bits per heavy atom. The van der Waals surface area contributed by atoms with E-state index in [9.17, 15) is 9.18 Å². The Kier molecular flexibility index (Phi) is 4.88. The van der Waals surface area contributed by atoms with Crippen LogP contribution in [0.3, 0.4) is 0 Å². The molecule has 4 N–H and O–H groups in total. The highest BCUT2D eigenvalue weighted by Crippen LogP contribution is 2.21. The molecular formula is C22H23FN4O. The molecule has 6 heteroatoms. The van der Waals surface area contributed by atoms with E-state index in [2.05, 4.69) is 9.97 Å².